The van der Waals surface area contributed by atoms with Crippen LogP contribution in [0, 0.1) is 6.92 Å². The zero-order chi connectivity index (χ0) is 10.6. The molecule has 0 aromatic carbocycles. The fraction of sp³-hybridized carbons (Fsp3) is 0.455. The zero-order valence-electron chi connectivity index (χ0n) is 8.90. The van der Waals surface area contributed by atoms with Crippen molar-refractivity contribution in [1.82, 2.24) is 14.2 Å². The maximum atomic E-state index is 12.0. The van der Waals surface area contributed by atoms with Crippen LogP contribution in [0.15, 0.2) is 17.1 Å². The third-order valence-electron chi connectivity index (χ3n) is 3.02. The van der Waals surface area contributed by atoms with Crippen LogP contribution in [0.1, 0.15) is 30.1 Å². The Morgan fingerprint density at radius 3 is 2.87 bits per heavy atom. The van der Waals surface area contributed by atoms with Crippen molar-refractivity contribution in [1.29, 1.82) is 0 Å². The summed E-state index contributed by atoms with van der Waals surface area (Å²) in [6.07, 6.45) is 4.37. The van der Waals surface area contributed by atoms with Crippen LogP contribution in [0.4, 0.5) is 0 Å². The highest BCUT2D eigenvalue weighted by Gasteiger charge is 2.27. The van der Waals surface area contributed by atoms with Gasteiger partial charge in [0.05, 0.1) is 5.69 Å². The molecule has 0 bridgehead atoms. The van der Waals surface area contributed by atoms with E-state index in [0.717, 1.165) is 11.4 Å². The summed E-state index contributed by atoms with van der Waals surface area (Å²) in [7, 11) is 1.85. The van der Waals surface area contributed by atoms with E-state index >= 15 is 0 Å². The van der Waals surface area contributed by atoms with Gasteiger partial charge in [0.1, 0.15) is 5.52 Å². The first-order chi connectivity index (χ1) is 7.16. The van der Waals surface area contributed by atoms with Crippen LogP contribution in [0.5, 0.6) is 0 Å². The van der Waals surface area contributed by atoms with Crippen molar-refractivity contribution in [2.75, 3.05) is 0 Å². The van der Waals surface area contributed by atoms with Gasteiger partial charge in [-0.1, -0.05) is 0 Å². The lowest BCUT2D eigenvalue weighted by Crippen LogP contribution is -2.22. The summed E-state index contributed by atoms with van der Waals surface area (Å²) in [4.78, 5) is 12.0. The zero-order valence-corrected chi connectivity index (χ0v) is 8.90. The van der Waals surface area contributed by atoms with Gasteiger partial charge in [-0.2, -0.15) is 5.10 Å². The van der Waals surface area contributed by atoms with Crippen LogP contribution in [0.3, 0.4) is 0 Å². The van der Waals surface area contributed by atoms with Gasteiger partial charge in [-0.15, -0.1) is 0 Å². The van der Waals surface area contributed by atoms with Crippen molar-refractivity contribution in [2.24, 2.45) is 7.05 Å². The number of aromatic nitrogens is 3. The third kappa shape index (κ3) is 1.21. The predicted octanol–water partition coefficient (Wildman–Crippen LogP) is 1.22. The monoisotopic (exact) mass is 203 g/mol. The number of fused-ring (bicyclic) bond motifs is 1. The van der Waals surface area contributed by atoms with Gasteiger partial charge in [0.25, 0.3) is 5.56 Å². The first-order valence-electron chi connectivity index (χ1n) is 5.23. The Kier molecular flexibility index (Phi) is 1.58. The maximum Gasteiger partial charge on any atom is 0.276 e. The minimum atomic E-state index is 0.0556. The van der Waals surface area contributed by atoms with Crippen LogP contribution in [0.2, 0.25) is 0 Å². The van der Waals surface area contributed by atoms with E-state index in [9.17, 15) is 4.79 Å². The second-order valence-electron chi connectivity index (χ2n) is 4.31. The quantitative estimate of drug-likeness (QED) is 0.699. The van der Waals surface area contributed by atoms with E-state index in [1.54, 1.807) is 9.08 Å². The standard InChI is InChI=1S/C11H13N3O/c1-7-5-9-11(15)13(2)10(8-3-4-8)6-14(9)12-7/h5-6,8H,3-4H2,1-2H3. The van der Waals surface area contributed by atoms with Gasteiger partial charge >= 0.3 is 0 Å². The lowest BCUT2D eigenvalue weighted by atomic mass is 10.3. The molecule has 0 spiro atoms. The Labute approximate surface area is 87.1 Å². The molecule has 2 heterocycles. The Bertz CT molecular complexity index is 590. The van der Waals surface area contributed by atoms with E-state index in [1.165, 1.54) is 12.8 Å². The molecule has 0 atom stereocenters. The first kappa shape index (κ1) is 8.71. The summed E-state index contributed by atoms with van der Waals surface area (Å²) in [5.74, 6) is 0.566. The SMILES string of the molecule is Cc1cc2c(=O)n(C)c(C3CC3)cn2n1. The molecule has 1 saturated carbocycles. The highest BCUT2D eigenvalue weighted by atomic mass is 16.1. The molecule has 0 radical (unpaired) electrons. The summed E-state index contributed by atoms with van der Waals surface area (Å²) in [6, 6.07) is 1.83. The number of hydrogen-bond donors (Lipinski definition) is 0. The minimum Gasteiger partial charge on any atom is -0.312 e. The van der Waals surface area contributed by atoms with Crippen LogP contribution >= 0.6 is 0 Å². The second kappa shape index (κ2) is 2.72. The van der Waals surface area contributed by atoms with Gasteiger partial charge in [0.2, 0.25) is 0 Å². The molecule has 0 aliphatic heterocycles. The topological polar surface area (TPSA) is 39.3 Å². The van der Waals surface area contributed by atoms with Gasteiger partial charge in [-0.25, -0.2) is 4.52 Å². The van der Waals surface area contributed by atoms with Crippen LogP contribution in [0.25, 0.3) is 5.52 Å². The Hall–Kier alpha value is -1.58. The lowest BCUT2D eigenvalue weighted by Gasteiger charge is -2.06. The molecular formula is C11H13N3O. The van der Waals surface area contributed by atoms with Crippen molar-refractivity contribution < 1.29 is 0 Å². The van der Waals surface area contributed by atoms with Crippen molar-refractivity contribution in [3.05, 3.63) is 34.0 Å². The van der Waals surface area contributed by atoms with Gasteiger partial charge in [0.15, 0.2) is 0 Å². The summed E-state index contributed by atoms with van der Waals surface area (Å²) in [6.45, 7) is 1.91. The molecular weight excluding hydrogens is 190 g/mol. The number of rotatable bonds is 1. The molecule has 0 amide bonds. The Morgan fingerprint density at radius 1 is 1.47 bits per heavy atom. The molecule has 15 heavy (non-hydrogen) atoms. The molecule has 4 heteroatoms. The van der Waals surface area contributed by atoms with Gasteiger partial charge in [-0.3, -0.25) is 4.79 Å². The highest BCUT2D eigenvalue weighted by molar-refractivity contribution is 5.46. The summed E-state index contributed by atoms with van der Waals surface area (Å²) in [5, 5.41) is 4.29. The molecule has 2 aromatic heterocycles. The predicted molar refractivity (Wildman–Crippen MR) is 57.1 cm³/mol. The second-order valence-corrected chi connectivity index (χ2v) is 4.31. The Morgan fingerprint density at radius 2 is 2.20 bits per heavy atom. The number of nitrogens with zero attached hydrogens (tertiary/aromatic N) is 3. The number of hydrogen-bond acceptors (Lipinski definition) is 2. The normalized spacial score (nSPS) is 16.1. The molecule has 1 aliphatic carbocycles. The lowest BCUT2D eigenvalue weighted by molar-refractivity contribution is 0.744. The van der Waals surface area contributed by atoms with E-state index in [-0.39, 0.29) is 5.56 Å². The summed E-state index contributed by atoms with van der Waals surface area (Å²) >= 11 is 0. The van der Waals surface area contributed by atoms with E-state index < -0.39 is 0 Å². The van der Waals surface area contributed by atoms with Crippen molar-refractivity contribution in [3.8, 4) is 0 Å². The average molecular weight is 203 g/mol. The molecule has 4 nitrogen and oxygen atoms in total. The van der Waals surface area contributed by atoms with Gasteiger partial charge < -0.3 is 4.57 Å². The molecule has 2 aromatic rings. The van der Waals surface area contributed by atoms with E-state index in [4.69, 9.17) is 0 Å². The Balaban J connectivity index is 2.39. The molecule has 3 rings (SSSR count). The van der Waals surface area contributed by atoms with Gasteiger partial charge in [-0.05, 0) is 25.8 Å². The van der Waals surface area contributed by atoms with Crippen molar-refractivity contribution in [3.63, 3.8) is 0 Å². The average Bonchev–Trinajstić information content (AvgIpc) is 2.96. The van der Waals surface area contributed by atoms with Gasteiger partial charge in [0, 0.05) is 24.9 Å². The van der Waals surface area contributed by atoms with Crippen LogP contribution < -0.4 is 5.56 Å². The smallest absolute Gasteiger partial charge is 0.276 e. The van der Waals surface area contributed by atoms with E-state index in [1.807, 2.05) is 26.2 Å². The molecule has 0 N–H and O–H groups in total. The summed E-state index contributed by atoms with van der Waals surface area (Å²) < 4.78 is 3.47. The third-order valence-corrected chi connectivity index (χ3v) is 3.02. The molecule has 1 aliphatic rings. The summed E-state index contributed by atoms with van der Waals surface area (Å²) in [5.41, 5.74) is 2.72. The van der Waals surface area contributed by atoms with E-state index in [2.05, 4.69) is 5.10 Å². The molecule has 78 valence electrons. The fourth-order valence-electron chi connectivity index (χ4n) is 2.03. The minimum absolute atomic E-state index is 0.0556. The largest absolute Gasteiger partial charge is 0.312 e. The number of aryl methyl sites for hydroxylation is 1. The molecule has 0 unspecified atom stereocenters. The molecule has 1 fully saturated rings. The molecule has 0 saturated heterocycles. The maximum absolute atomic E-state index is 12.0. The first-order valence-corrected chi connectivity index (χ1v) is 5.23. The van der Waals surface area contributed by atoms with E-state index in [0.29, 0.717) is 11.4 Å². The highest BCUT2D eigenvalue weighted by Crippen LogP contribution is 2.39. The van der Waals surface area contributed by atoms with Crippen LogP contribution in [-0.4, -0.2) is 14.2 Å². The fourth-order valence-corrected chi connectivity index (χ4v) is 2.03. The van der Waals surface area contributed by atoms with Crippen molar-refractivity contribution >= 4 is 5.52 Å². The van der Waals surface area contributed by atoms with Crippen LogP contribution in [-0.2, 0) is 7.05 Å². The van der Waals surface area contributed by atoms with Crippen molar-refractivity contribution in [2.45, 2.75) is 25.7 Å².